The zero-order valence-corrected chi connectivity index (χ0v) is 9.34. The number of hydrogen-bond acceptors (Lipinski definition) is 3. The molecule has 0 unspecified atom stereocenters. The van der Waals surface area contributed by atoms with Gasteiger partial charge in [-0.2, -0.15) is 5.10 Å². The maximum atomic E-state index is 12.9. The minimum Gasteiger partial charge on any atom is -0.382 e. The molecule has 0 atom stereocenters. The number of nitrogens with two attached hydrogens (primary N) is 1. The molecule has 18 heavy (non-hydrogen) atoms. The number of fused-ring (bicyclic) bond motifs is 1. The van der Waals surface area contributed by atoms with E-state index in [1.54, 1.807) is 29.0 Å². The van der Waals surface area contributed by atoms with Crippen LogP contribution in [-0.2, 0) is 0 Å². The lowest BCUT2D eigenvalue weighted by Gasteiger charge is -2.02. The molecule has 1 aromatic carbocycles. The Labute approximate surface area is 104 Å². The van der Waals surface area contributed by atoms with Crippen molar-refractivity contribution in [2.24, 2.45) is 0 Å². The molecule has 3 aromatic rings. The van der Waals surface area contributed by atoms with Gasteiger partial charge < -0.3 is 5.73 Å². The first-order valence-corrected chi connectivity index (χ1v) is 5.31. The van der Waals surface area contributed by atoms with Gasteiger partial charge in [-0.25, -0.2) is 13.9 Å². The largest absolute Gasteiger partial charge is 0.382 e. The monoisotopic (exact) mass is 238 g/mol. The number of halogens is 1. The van der Waals surface area contributed by atoms with Crippen LogP contribution in [-0.4, -0.2) is 22.4 Å². The van der Waals surface area contributed by atoms with Crippen LogP contribution in [0.5, 0.6) is 0 Å². The van der Waals surface area contributed by atoms with Crippen LogP contribution in [0.1, 0.15) is 0 Å². The van der Waals surface area contributed by atoms with Gasteiger partial charge in [-0.3, -0.25) is 0 Å². The Hall–Kier alpha value is -2.37. The minimum atomic E-state index is -0.306. The lowest BCUT2D eigenvalue weighted by molar-refractivity contribution is 0.628. The lowest BCUT2D eigenvalue weighted by atomic mass is 9.93. The second kappa shape index (κ2) is 3.84. The van der Waals surface area contributed by atoms with Crippen molar-refractivity contribution in [2.75, 3.05) is 5.73 Å². The van der Waals surface area contributed by atoms with Gasteiger partial charge in [-0.15, -0.1) is 0 Å². The number of nitrogens with zero attached hydrogens (tertiary/aromatic N) is 3. The van der Waals surface area contributed by atoms with E-state index in [9.17, 15) is 4.39 Å². The van der Waals surface area contributed by atoms with E-state index in [1.807, 2.05) is 0 Å². The van der Waals surface area contributed by atoms with Gasteiger partial charge in [0.2, 0.25) is 0 Å². The molecule has 3 rings (SSSR count). The van der Waals surface area contributed by atoms with Crippen LogP contribution in [0.2, 0.25) is 0 Å². The van der Waals surface area contributed by atoms with Crippen LogP contribution >= 0.6 is 0 Å². The van der Waals surface area contributed by atoms with E-state index in [0.717, 1.165) is 5.56 Å². The van der Waals surface area contributed by atoms with Crippen LogP contribution < -0.4 is 11.3 Å². The number of nitrogen functional groups attached to an aromatic ring is 1. The van der Waals surface area contributed by atoms with E-state index in [2.05, 4.69) is 10.1 Å². The van der Waals surface area contributed by atoms with Gasteiger partial charge in [0.25, 0.3) is 0 Å². The van der Waals surface area contributed by atoms with Crippen molar-refractivity contribution in [3.8, 4) is 11.1 Å². The molecule has 0 aliphatic heterocycles. The van der Waals surface area contributed by atoms with Crippen LogP contribution in [0.3, 0.4) is 0 Å². The molecule has 2 radical (unpaired) electrons. The molecule has 2 heterocycles. The van der Waals surface area contributed by atoms with Crippen LogP contribution in [0, 0.1) is 5.82 Å². The van der Waals surface area contributed by atoms with E-state index in [0.29, 0.717) is 22.5 Å². The highest BCUT2D eigenvalue weighted by Crippen LogP contribution is 2.25. The molecule has 0 fully saturated rings. The third-order valence-electron chi connectivity index (χ3n) is 2.73. The van der Waals surface area contributed by atoms with Crippen molar-refractivity contribution in [3.63, 3.8) is 0 Å². The summed E-state index contributed by atoms with van der Waals surface area (Å²) in [5.74, 6) is 0.0286. The molecule has 0 amide bonds. The number of hydrogen-bond donors (Lipinski definition) is 1. The fourth-order valence-electron chi connectivity index (χ4n) is 1.94. The van der Waals surface area contributed by atoms with Gasteiger partial charge in [0.15, 0.2) is 0 Å². The highest BCUT2D eigenvalue weighted by Gasteiger charge is 2.13. The predicted molar refractivity (Wildman–Crippen MR) is 68.2 cm³/mol. The van der Waals surface area contributed by atoms with Crippen molar-refractivity contribution in [3.05, 3.63) is 42.5 Å². The van der Waals surface area contributed by atoms with Gasteiger partial charge in [0.05, 0.1) is 0 Å². The van der Waals surface area contributed by atoms with Gasteiger partial charge in [-0.05, 0) is 17.7 Å². The molecule has 2 aromatic heterocycles. The zero-order valence-electron chi connectivity index (χ0n) is 9.34. The summed E-state index contributed by atoms with van der Waals surface area (Å²) < 4.78 is 14.5. The minimum absolute atomic E-state index is 0.306. The van der Waals surface area contributed by atoms with Crippen molar-refractivity contribution >= 4 is 24.8 Å². The average molecular weight is 238 g/mol. The van der Waals surface area contributed by atoms with E-state index >= 15 is 0 Å². The van der Waals surface area contributed by atoms with Crippen molar-refractivity contribution in [1.29, 1.82) is 0 Å². The molecule has 86 valence electrons. The van der Waals surface area contributed by atoms with E-state index < -0.39 is 0 Å². The summed E-state index contributed by atoms with van der Waals surface area (Å²) in [6.07, 6.45) is 3.21. The van der Waals surface area contributed by atoms with Gasteiger partial charge in [0, 0.05) is 23.6 Å². The van der Waals surface area contributed by atoms with Crippen molar-refractivity contribution < 1.29 is 4.39 Å². The quantitative estimate of drug-likeness (QED) is 0.641. The highest BCUT2D eigenvalue weighted by atomic mass is 19.1. The standard InChI is InChI=1S/C12H8BFN4/c13-11-9(7-1-3-8(14)4-2-7)10-12(15)16-5-6-18(10)17-11/h1-6H,(H2,15,16). The Kier molecular flexibility index (Phi) is 2.29. The summed E-state index contributed by atoms with van der Waals surface area (Å²) in [6.45, 7) is 0. The Morgan fingerprint density at radius 2 is 1.94 bits per heavy atom. The summed E-state index contributed by atoms with van der Waals surface area (Å²) in [5.41, 5.74) is 8.22. The van der Waals surface area contributed by atoms with Gasteiger partial charge >= 0.3 is 0 Å². The molecule has 6 heteroatoms. The normalized spacial score (nSPS) is 10.9. The van der Waals surface area contributed by atoms with E-state index in [1.165, 1.54) is 12.1 Å². The maximum absolute atomic E-state index is 12.9. The van der Waals surface area contributed by atoms with Crippen molar-refractivity contribution in [2.45, 2.75) is 0 Å². The van der Waals surface area contributed by atoms with Crippen LogP contribution in [0.15, 0.2) is 36.7 Å². The van der Waals surface area contributed by atoms with Crippen molar-refractivity contribution in [1.82, 2.24) is 14.6 Å². The first-order valence-electron chi connectivity index (χ1n) is 5.31. The Bertz CT molecular complexity index is 721. The van der Waals surface area contributed by atoms with Crippen LogP contribution in [0.4, 0.5) is 10.2 Å². The Balaban J connectivity index is 2.34. The maximum Gasteiger partial charge on any atom is 0.150 e. The lowest BCUT2D eigenvalue weighted by Crippen LogP contribution is -2.06. The molecule has 0 spiro atoms. The molecule has 0 saturated heterocycles. The molecule has 2 N–H and O–H groups in total. The third kappa shape index (κ3) is 1.54. The molecule has 0 aliphatic carbocycles. The average Bonchev–Trinajstić information content (AvgIpc) is 2.68. The number of aromatic nitrogens is 3. The SMILES string of the molecule is [B]c1nn2ccnc(N)c2c1-c1ccc(F)cc1. The topological polar surface area (TPSA) is 56.2 Å². The van der Waals surface area contributed by atoms with Gasteiger partial charge in [0.1, 0.15) is 25.0 Å². The molecular weight excluding hydrogens is 230 g/mol. The second-order valence-electron chi connectivity index (χ2n) is 3.87. The Morgan fingerprint density at radius 1 is 1.22 bits per heavy atom. The molecule has 0 saturated carbocycles. The summed E-state index contributed by atoms with van der Waals surface area (Å²) in [7, 11) is 5.88. The molecule has 0 aliphatic rings. The highest BCUT2D eigenvalue weighted by molar-refractivity contribution is 6.36. The second-order valence-corrected chi connectivity index (χ2v) is 3.87. The number of benzene rings is 1. The molecule has 0 bridgehead atoms. The van der Waals surface area contributed by atoms with Gasteiger partial charge in [-0.1, -0.05) is 12.1 Å². The fourth-order valence-corrected chi connectivity index (χ4v) is 1.94. The van der Waals surface area contributed by atoms with E-state index in [4.69, 9.17) is 13.6 Å². The number of anilines is 1. The third-order valence-corrected chi connectivity index (χ3v) is 2.73. The van der Waals surface area contributed by atoms with Crippen LogP contribution in [0.25, 0.3) is 16.6 Å². The first kappa shape index (κ1) is 10.8. The summed E-state index contributed by atoms with van der Waals surface area (Å²) in [5, 5.41) is 4.15. The molecular formula is C12H8BFN4. The fraction of sp³-hybridized carbons (Fsp3) is 0. The number of rotatable bonds is 1. The Morgan fingerprint density at radius 3 is 2.67 bits per heavy atom. The summed E-state index contributed by atoms with van der Waals surface area (Å²) in [6, 6.07) is 6.00. The summed E-state index contributed by atoms with van der Waals surface area (Å²) in [4.78, 5) is 4.01. The van der Waals surface area contributed by atoms with E-state index in [-0.39, 0.29) is 5.82 Å². The molecule has 4 nitrogen and oxygen atoms in total. The predicted octanol–water partition coefficient (Wildman–Crippen LogP) is 0.911. The summed E-state index contributed by atoms with van der Waals surface area (Å²) >= 11 is 0. The smallest absolute Gasteiger partial charge is 0.150 e. The zero-order chi connectivity index (χ0) is 12.7. The first-order chi connectivity index (χ1) is 8.66.